The van der Waals surface area contributed by atoms with Crippen molar-refractivity contribution < 1.29 is 19.4 Å². The largest absolute Gasteiger partial charge is 0.494 e. The van der Waals surface area contributed by atoms with Crippen molar-refractivity contribution in [3.8, 4) is 5.75 Å². The zero-order valence-electron chi connectivity index (χ0n) is 14.3. The lowest BCUT2D eigenvalue weighted by Gasteiger charge is -2.27. The van der Waals surface area contributed by atoms with E-state index in [1.807, 2.05) is 24.3 Å². The molecule has 2 aliphatic rings. The lowest BCUT2D eigenvalue weighted by molar-refractivity contribution is -0.147. The molecule has 1 N–H and O–H groups in total. The van der Waals surface area contributed by atoms with Crippen LogP contribution in [0.15, 0.2) is 24.3 Å². The summed E-state index contributed by atoms with van der Waals surface area (Å²) in [6, 6.07) is 7.96. The third-order valence-corrected chi connectivity index (χ3v) is 5.40. The molecule has 2 atom stereocenters. The van der Waals surface area contributed by atoms with Crippen molar-refractivity contribution in [2.24, 2.45) is 11.8 Å². The zero-order chi connectivity index (χ0) is 16.8. The quantitative estimate of drug-likeness (QED) is 0.828. The van der Waals surface area contributed by atoms with E-state index in [9.17, 15) is 9.90 Å². The molecular weight excluding hydrogens is 304 g/mol. The van der Waals surface area contributed by atoms with Crippen LogP contribution in [0, 0.1) is 11.8 Å². The second kappa shape index (κ2) is 8.52. The van der Waals surface area contributed by atoms with Crippen molar-refractivity contribution in [1.29, 1.82) is 0 Å². The van der Waals surface area contributed by atoms with E-state index >= 15 is 0 Å². The summed E-state index contributed by atoms with van der Waals surface area (Å²) in [6.07, 6.45) is 9.04. The second-order valence-corrected chi connectivity index (χ2v) is 7.13. The number of rotatable bonds is 6. The molecule has 1 aromatic carbocycles. The number of hydrogen-bond donors (Lipinski definition) is 1. The summed E-state index contributed by atoms with van der Waals surface area (Å²) in [5.41, 5.74) is 1.04. The van der Waals surface area contributed by atoms with Crippen molar-refractivity contribution >= 4 is 5.97 Å². The van der Waals surface area contributed by atoms with Crippen molar-refractivity contribution in [3.05, 3.63) is 29.8 Å². The first-order chi connectivity index (χ1) is 11.7. The summed E-state index contributed by atoms with van der Waals surface area (Å²) >= 11 is 0. The van der Waals surface area contributed by atoms with Crippen LogP contribution in [0.2, 0.25) is 0 Å². The Morgan fingerprint density at radius 3 is 2.58 bits per heavy atom. The van der Waals surface area contributed by atoms with Crippen LogP contribution >= 0.6 is 0 Å². The Balaban J connectivity index is 1.47. The zero-order valence-corrected chi connectivity index (χ0v) is 14.3. The van der Waals surface area contributed by atoms with Gasteiger partial charge in [-0.2, -0.15) is 0 Å². The van der Waals surface area contributed by atoms with Crippen LogP contribution in [-0.2, 0) is 9.53 Å². The summed E-state index contributed by atoms with van der Waals surface area (Å²) in [5.74, 6) is 0.711. The van der Waals surface area contributed by atoms with Gasteiger partial charge in [0.15, 0.2) is 0 Å². The van der Waals surface area contributed by atoms with Crippen molar-refractivity contribution in [2.45, 2.75) is 57.5 Å². The van der Waals surface area contributed by atoms with Crippen LogP contribution in [0.5, 0.6) is 5.75 Å². The van der Waals surface area contributed by atoms with Gasteiger partial charge in [-0.1, -0.05) is 44.2 Å². The monoisotopic (exact) mass is 332 g/mol. The molecule has 0 aromatic heterocycles. The van der Waals surface area contributed by atoms with Crippen LogP contribution in [-0.4, -0.2) is 24.3 Å². The van der Waals surface area contributed by atoms with E-state index in [1.165, 1.54) is 32.1 Å². The van der Waals surface area contributed by atoms with Gasteiger partial charge in [0.25, 0.3) is 0 Å². The number of carboxylic acids is 1. The highest BCUT2D eigenvalue weighted by Crippen LogP contribution is 2.32. The number of aliphatic carboxylic acids is 1. The smallest absolute Gasteiger partial charge is 0.306 e. The van der Waals surface area contributed by atoms with Crippen LogP contribution in [0.1, 0.15) is 63.0 Å². The summed E-state index contributed by atoms with van der Waals surface area (Å²) in [5, 5.41) is 9.18. The number of benzene rings is 1. The number of carbonyl (C=O) groups is 1. The Labute approximate surface area is 144 Å². The van der Waals surface area contributed by atoms with Gasteiger partial charge in [0, 0.05) is 6.61 Å². The molecule has 1 aliphatic carbocycles. The Kier molecular flexibility index (Phi) is 6.13. The molecule has 1 aromatic rings. The van der Waals surface area contributed by atoms with Crippen molar-refractivity contribution in [2.75, 3.05) is 13.2 Å². The van der Waals surface area contributed by atoms with Gasteiger partial charge in [-0.15, -0.1) is 0 Å². The van der Waals surface area contributed by atoms with Gasteiger partial charge < -0.3 is 14.6 Å². The molecule has 0 amide bonds. The third-order valence-electron chi connectivity index (χ3n) is 5.40. The highest BCUT2D eigenvalue weighted by molar-refractivity contribution is 5.70. The molecule has 1 saturated heterocycles. The molecular formula is C20H28O4. The minimum Gasteiger partial charge on any atom is -0.494 e. The number of carboxylic acid groups (broad SMARTS) is 1. The molecule has 2 fully saturated rings. The van der Waals surface area contributed by atoms with Gasteiger partial charge in [0.1, 0.15) is 5.75 Å². The standard InChI is InChI=1S/C20H28O4/c21-20(22)17-11-13-24-19(14-17)16-6-8-18(9-7-16)23-12-10-15-4-2-1-3-5-15/h6-9,15,17,19H,1-5,10-14H2,(H,21,22). The van der Waals surface area contributed by atoms with Crippen LogP contribution in [0.25, 0.3) is 0 Å². The maximum Gasteiger partial charge on any atom is 0.306 e. The molecule has 4 nitrogen and oxygen atoms in total. The average molecular weight is 332 g/mol. The molecule has 1 aliphatic heterocycles. The molecule has 3 rings (SSSR count). The number of hydrogen-bond acceptors (Lipinski definition) is 3. The highest BCUT2D eigenvalue weighted by atomic mass is 16.5. The van der Waals surface area contributed by atoms with Gasteiger partial charge >= 0.3 is 5.97 Å². The van der Waals surface area contributed by atoms with E-state index < -0.39 is 5.97 Å². The Morgan fingerprint density at radius 2 is 1.88 bits per heavy atom. The second-order valence-electron chi connectivity index (χ2n) is 7.13. The topological polar surface area (TPSA) is 55.8 Å². The van der Waals surface area contributed by atoms with Crippen molar-refractivity contribution in [1.82, 2.24) is 0 Å². The summed E-state index contributed by atoms with van der Waals surface area (Å²) in [7, 11) is 0. The lowest BCUT2D eigenvalue weighted by Crippen LogP contribution is -2.25. The molecule has 132 valence electrons. The molecule has 2 unspecified atom stereocenters. The van der Waals surface area contributed by atoms with Gasteiger partial charge in [-0.25, -0.2) is 0 Å². The first-order valence-corrected chi connectivity index (χ1v) is 9.29. The minimum atomic E-state index is -0.717. The van der Waals surface area contributed by atoms with Crippen LogP contribution in [0.4, 0.5) is 0 Å². The highest BCUT2D eigenvalue weighted by Gasteiger charge is 2.28. The molecule has 1 saturated carbocycles. The fourth-order valence-corrected chi connectivity index (χ4v) is 3.85. The fraction of sp³-hybridized carbons (Fsp3) is 0.650. The summed E-state index contributed by atoms with van der Waals surface area (Å²) < 4.78 is 11.6. The van der Waals surface area contributed by atoms with Gasteiger partial charge in [0.05, 0.1) is 18.6 Å². The number of ether oxygens (including phenoxy) is 2. The SMILES string of the molecule is O=C(O)C1CCOC(c2ccc(OCCC3CCCCC3)cc2)C1. The minimum absolute atomic E-state index is 0.115. The molecule has 24 heavy (non-hydrogen) atoms. The van der Waals surface area contributed by atoms with Gasteiger partial charge in [-0.05, 0) is 42.9 Å². The predicted molar refractivity (Wildman–Crippen MR) is 92.2 cm³/mol. The third kappa shape index (κ3) is 4.73. The summed E-state index contributed by atoms with van der Waals surface area (Å²) in [6.45, 7) is 1.30. The average Bonchev–Trinajstić information content (AvgIpc) is 2.63. The molecule has 0 radical (unpaired) electrons. The maximum absolute atomic E-state index is 11.2. The Bertz CT molecular complexity index is 519. The van der Waals surface area contributed by atoms with E-state index in [1.54, 1.807) is 0 Å². The predicted octanol–water partition coefficient (Wildman–Crippen LogP) is 4.59. The Hall–Kier alpha value is -1.55. The van der Waals surface area contributed by atoms with Gasteiger partial charge in [0.2, 0.25) is 0 Å². The molecule has 1 heterocycles. The van der Waals surface area contributed by atoms with E-state index in [2.05, 4.69) is 0 Å². The van der Waals surface area contributed by atoms with E-state index in [-0.39, 0.29) is 12.0 Å². The van der Waals surface area contributed by atoms with Gasteiger partial charge in [-0.3, -0.25) is 4.79 Å². The van der Waals surface area contributed by atoms with Crippen LogP contribution in [0.3, 0.4) is 0 Å². The molecule has 4 heteroatoms. The summed E-state index contributed by atoms with van der Waals surface area (Å²) in [4.78, 5) is 11.2. The first-order valence-electron chi connectivity index (χ1n) is 9.29. The molecule has 0 bridgehead atoms. The molecule has 0 spiro atoms. The van der Waals surface area contributed by atoms with E-state index in [4.69, 9.17) is 9.47 Å². The lowest BCUT2D eigenvalue weighted by atomic mass is 9.87. The van der Waals surface area contributed by atoms with Crippen molar-refractivity contribution in [3.63, 3.8) is 0 Å². The maximum atomic E-state index is 11.2. The normalized spacial score (nSPS) is 25.3. The Morgan fingerprint density at radius 1 is 1.12 bits per heavy atom. The van der Waals surface area contributed by atoms with E-state index in [0.717, 1.165) is 30.3 Å². The van der Waals surface area contributed by atoms with E-state index in [0.29, 0.717) is 19.4 Å². The fourth-order valence-electron chi connectivity index (χ4n) is 3.85. The first kappa shape index (κ1) is 17.3. The van der Waals surface area contributed by atoms with Crippen LogP contribution < -0.4 is 4.74 Å².